The zero-order valence-electron chi connectivity index (χ0n) is 11.0. The molecule has 0 spiro atoms. The van der Waals surface area contributed by atoms with Crippen LogP contribution in [0.2, 0.25) is 0 Å². The van der Waals surface area contributed by atoms with Crippen molar-refractivity contribution in [2.45, 2.75) is 44.0 Å². The van der Waals surface area contributed by atoms with Crippen LogP contribution >= 0.6 is 15.2 Å². The first-order valence-electron chi connectivity index (χ1n) is 4.91. The first-order chi connectivity index (χ1) is 7.09. The Morgan fingerprint density at radius 3 is 1.83 bits per heavy atom. The van der Waals surface area contributed by atoms with Crippen LogP contribution < -0.4 is 74.6 Å². The summed E-state index contributed by atoms with van der Waals surface area (Å²) < 4.78 is 21.6. The molecule has 0 radical (unpaired) electrons. The molecule has 0 aliphatic rings. The van der Waals surface area contributed by atoms with Gasteiger partial charge >= 0.3 is 59.1 Å². The molecule has 98 valence electrons. The molecule has 4 N–H and O–H groups in total. The van der Waals surface area contributed by atoms with Gasteiger partial charge in [0.1, 0.15) is 15.2 Å². The van der Waals surface area contributed by atoms with Gasteiger partial charge in [0.05, 0.1) is 5.40 Å². The van der Waals surface area contributed by atoms with Crippen molar-refractivity contribution in [3.8, 4) is 0 Å². The van der Waals surface area contributed by atoms with Crippen molar-refractivity contribution in [1.82, 2.24) is 0 Å². The predicted molar refractivity (Wildman–Crippen MR) is 55.6 cm³/mol. The van der Waals surface area contributed by atoms with E-state index >= 15 is 0 Å². The van der Waals surface area contributed by atoms with Crippen LogP contribution in [-0.4, -0.2) is 21.2 Å². The second-order valence-corrected chi connectivity index (χ2v) is 7.66. The molecule has 0 aliphatic carbocycles. The van der Waals surface area contributed by atoms with Gasteiger partial charge in [0.25, 0.3) is 0 Å². The summed E-state index contributed by atoms with van der Waals surface area (Å²) in [4.78, 5) is 39.0. The van der Waals surface area contributed by atoms with E-state index in [-0.39, 0.29) is 59.1 Å². The predicted octanol–water partition coefficient (Wildman–Crippen LogP) is -6.68. The molecule has 0 saturated heterocycles. The number of nitrogens with two attached hydrogens (primary N) is 1. The summed E-state index contributed by atoms with van der Waals surface area (Å²) in [7, 11) is -10.3. The molecule has 0 fully saturated rings. The molecule has 0 aromatic heterocycles. The van der Waals surface area contributed by atoms with Gasteiger partial charge in [0.15, 0.2) is 0 Å². The quantitative estimate of drug-likeness (QED) is 0.312. The third-order valence-electron chi connectivity index (χ3n) is 2.20. The minimum Gasteiger partial charge on any atom is -0.778 e. The van der Waals surface area contributed by atoms with Gasteiger partial charge in [-0.05, 0) is 12.8 Å². The van der Waals surface area contributed by atoms with Gasteiger partial charge in [-0.3, -0.25) is 0 Å². The normalized spacial score (nSPS) is 20.6. The Kier molecular flexibility index (Phi) is 15.3. The summed E-state index contributed by atoms with van der Waals surface area (Å²) in [5.41, 5.74) is 5.51. The van der Waals surface area contributed by atoms with Gasteiger partial charge in [0.2, 0.25) is 0 Å². The van der Waals surface area contributed by atoms with Crippen molar-refractivity contribution in [2.24, 2.45) is 5.73 Å². The molecule has 0 saturated carbocycles. The van der Waals surface area contributed by atoms with Crippen LogP contribution in [0.1, 0.15) is 32.6 Å². The summed E-state index contributed by atoms with van der Waals surface area (Å²) >= 11 is 0. The SMILES string of the molecule is CCCCC(N)CC(P(=O)([O-])O)P(=O)([O-])O.[Na+].[Na+]. The number of hydrogen-bond donors (Lipinski definition) is 3. The standard InChI is InChI=1S/C7H19NO6P2.2Na/c1-2-3-4-6(8)5-7(15(9,10)11)16(12,13)14;;/h6-7H,2-5,8H2,1H3,(H2,9,10,11)(H2,12,13,14);;/q;2*+1/p-2. The molecule has 0 aromatic carbocycles. The van der Waals surface area contributed by atoms with Crippen LogP contribution in [0.3, 0.4) is 0 Å². The molecule has 11 heteroatoms. The van der Waals surface area contributed by atoms with Crippen LogP contribution in [0.15, 0.2) is 0 Å². The minimum absolute atomic E-state index is 0. The molecule has 3 atom stereocenters. The van der Waals surface area contributed by atoms with E-state index in [9.17, 15) is 18.9 Å². The molecule has 18 heavy (non-hydrogen) atoms. The van der Waals surface area contributed by atoms with Gasteiger partial charge in [-0.2, -0.15) is 0 Å². The van der Waals surface area contributed by atoms with Crippen molar-refractivity contribution in [2.75, 3.05) is 0 Å². The van der Waals surface area contributed by atoms with Crippen molar-refractivity contribution in [3.05, 3.63) is 0 Å². The molecule has 0 aromatic rings. The third kappa shape index (κ3) is 11.0. The van der Waals surface area contributed by atoms with E-state index in [1.807, 2.05) is 6.92 Å². The molecule has 0 heterocycles. The average Bonchev–Trinajstić information content (AvgIpc) is 2.07. The molecule has 3 unspecified atom stereocenters. The van der Waals surface area contributed by atoms with E-state index in [0.717, 1.165) is 12.8 Å². The van der Waals surface area contributed by atoms with E-state index in [1.165, 1.54) is 0 Å². The fourth-order valence-electron chi connectivity index (χ4n) is 1.31. The Bertz CT molecular complexity index is 284. The van der Waals surface area contributed by atoms with Gasteiger partial charge in [-0.1, -0.05) is 19.8 Å². The maximum atomic E-state index is 10.8. The van der Waals surface area contributed by atoms with Crippen molar-refractivity contribution >= 4 is 15.2 Å². The molecule has 0 amide bonds. The number of rotatable bonds is 7. The molecule has 0 aliphatic heterocycles. The second-order valence-electron chi connectivity index (χ2n) is 3.75. The van der Waals surface area contributed by atoms with Crippen LogP contribution in [-0.2, 0) is 9.13 Å². The van der Waals surface area contributed by atoms with E-state index in [2.05, 4.69) is 0 Å². The maximum Gasteiger partial charge on any atom is 1.00 e. The van der Waals surface area contributed by atoms with Crippen molar-refractivity contribution in [1.29, 1.82) is 0 Å². The minimum atomic E-state index is -5.14. The van der Waals surface area contributed by atoms with E-state index < -0.39 is 33.1 Å². The fraction of sp³-hybridized carbons (Fsp3) is 1.00. The zero-order chi connectivity index (χ0) is 13.0. The van der Waals surface area contributed by atoms with E-state index in [4.69, 9.17) is 15.5 Å². The maximum absolute atomic E-state index is 10.8. The summed E-state index contributed by atoms with van der Waals surface area (Å²) in [5.74, 6) is 0. The van der Waals surface area contributed by atoms with Gasteiger partial charge in [0, 0.05) is 6.04 Å². The topological polar surface area (TPSA) is 147 Å². The first-order valence-corrected chi connectivity index (χ1v) is 8.21. The Balaban J connectivity index is -0.00000112. The van der Waals surface area contributed by atoms with Crippen molar-refractivity contribution < 1.29 is 87.8 Å². The zero-order valence-corrected chi connectivity index (χ0v) is 16.8. The van der Waals surface area contributed by atoms with E-state index in [1.54, 1.807) is 0 Å². The van der Waals surface area contributed by atoms with Crippen LogP contribution in [0.4, 0.5) is 0 Å². The molecule has 7 nitrogen and oxygen atoms in total. The molecule has 0 rings (SSSR count). The average molecular weight is 319 g/mol. The summed E-state index contributed by atoms with van der Waals surface area (Å²) in [6.07, 6.45) is 1.50. The summed E-state index contributed by atoms with van der Waals surface area (Å²) in [6, 6.07) is -0.686. The summed E-state index contributed by atoms with van der Waals surface area (Å²) in [6.45, 7) is 1.90. The Morgan fingerprint density at radius 2 is 1.56 bits per heavy atom. The largest absolute Gasteiger partial charge is 1.00 e. The third-order valence-corrected chi connectivity index (χ3v) is 5.87. The first kappa shape index (κ1) is 25.2. The molecular formula is C7H17NNa2O6P2. The van der Waals surface area contributed by atoms with Crippen molar-refractivity contribution in [3.63, 3.8) is 0 Å². The van der Waals surface area contributed by atoms with Crippen LogP contribution in [0.25, 0.3) is 0 Å². The number of hydrogen-bond acceptors (Lipinski definition) is 5. The summed E-state index contributed by atoms with van der Waals surface area (Å²) in [5, 5.41) is -2.20. The van der Waals surface area contributed by atoms with Gasteiger partial charge in [-0.15, -0.1) is 0 Å². The second kappa shape index (κ2) is 10.9. The Labute approximate surface area is 151 Å². The molecular weight excluding hydrogens is 302 g/mol. The smallest absolute Gasteiger partial charge is 0.778 e. The van der Waals surface area contributed by atoms with Gasteiger partial charge in [-0.25, -0.2) is 0 Å². The van der Waals surface area contributed by atoms with E-state index in [0.29, 0.717) is 6.42 Å². The Hall–Kier alpha value is 2.26. The monoisotopic (exact) mass is 319 g/mol. The molecule has 0 bridgehead atoms. The van der Waals surface area contributed by atoms with Gasteiger partial charge < -0.3 is 34.4 Å². The van der Waals surface area contributed by atoms with Crippen LogP contribution in [0.5, 0.6) is 0 Å². The number of unbranched alkanes of at least 4 members (excludes halogenated alkanes) is 1. The fourth-order valence-corrected chi connectivity index (χ4v) is 3.86. The Morgan fingerprint density at radius 1 is 1.17 bits per heavy atom. The van der Waals surface area contributed by atoms with Crippen LogP contribution in [0, 0.1) is 0 Å².